The second-order valence-electron chi connectivity index (χ2n) is 6.87. The second kappa shape index (κ2) is 9.57. The van der Waals surface area contributed by atoms with Gasteiger partial charge in [0.1, 0.15) is 5.82 Å². The SMILES string of the molecule is CC(Sc1ccc(C#N)cc1)C(=O)N1CCCN(C(=O)c2ccc(F)cc2)CC1. The van der Waals surface area contributed by atoms with Crippen molar-refractivity contribution in [2.75, 3.05) is 26.2 Å². The van der Waals surface area contributed by atoms with Gasteiger partial charge in [-0.25, -0.2) is 4.39 Å². The maximum absolute atomic E-state index is 13.1. The van der Waals surface area contributed by atoms with Crippen LogP contribution in [0.4, 0.5) is 4.39 Å². The topological polar surface area (TPSA) is 64.4 Å². The van der Waals surface area contributed by atoms with Gasteiger partial charge in [0.05, 0.1) is 16.9 Å². The Labute approximate surface area is 174 Å². The third kappa shape index (κ3) is 5.36. The van der Waals surface area contributed by atoms with Gasteiger partial charge in [0.25, 0.3) is 5.91 Å². The van der Waals surface area contributed by atoms with Gasteiger partial charge in [-0.2, -0.15) is 5.26 Å². The first kappa shape index (κ1) is 20.9. The van der Waals surface area contributed by atoms with Crippen LogP contribution < -0.4 is 0 Å². The predicted molar refractivity (Wildman–Crippen MR) is 110 cm³/mol. The molecule has 1 aliphatic rings. The van der Waals surface area contributed by atoms with Gasteiger partial charge < -0.3 is 9.80 Å². The molecule has 0 radical (unpaired) electrons. The fraction of sp³-hybridized carbons (Fsp3) is 0.318. The molecular formula is C22H22FN3O2S. The molecule has 3 rings (SSSR count). The highest BCUT2D eigenvalue weighted by Gasteiger charge is 2.26. The summed E-state index contributed by atoms with van der Waals surface area (Å²) in [5.74, 6) is -0.474. The van der Waals surface area contributed by atoms with Crippen LogP contribution in [0.3, 0.4) is 0 Å². The maximum atomic E-state index is 13.1. The standard InChI is InChI=1S/C22H22FN3O2S/c1-16(29-20-9-3-17(15-24)4-10-20)21(27)25-11-2-12-26(14-13-25)22(28)18-5-7-19(23)8-6-18/h3-10,16H,2,11-14H2,1H3. The zero-order chi connectivity index (χ0) is 20.8. The molecule has 1 fully saturated rings. The minimum atomic E-state index is -0.372. The first-order chi connectivity index (χ1) is 14.0. The van der Waals surface area contributed by atoms with Crippen LogP contribution in [0.25, 0.3) is 0 Å². The molecule has 0 saturated carbocycles. The summed E-state index contributed by atoms with van der Waals surface area (Å²) >= 11 is 1.46. The van der Waals surface area contributed by atoms with Crippen LogP contribution in [0.5, 0.6) is 0 Å². The molecular weight excluding hydrogens is 389 g/mol. The number of nitriles is 1. The molecule has 1 heterocycles. The monoisotopic (exact) mass is 411 g/mol. The van der Waals surface area contributed by atoms with Crippen molar-refractivity contribution in [3.8, 4) is 6.07 Å². The van der Waals surface area contributed by atoms with Gasteiger partial charge in [0, 0.05) is 36.6 Å². The Hall–Kier alpha value is -2.85. The Kier molecular flexibility index (Phi) is 6.89. The fourth-order valence-electron chi connectivity index (χ4n) is 3.24. The first-order valence-electron chi connectivity index (χ1n) is 9.48. The molecule has 0 N–H and O–H groups in total. The number of rotatable bonds is 4. The normalized spacial score (nSPS) is 15.3. The number of halogens is 1. The van der Waals surface area contributed by atoms with Crippen LogP contribution in [0.2, 0.25) is 0 Å². The third-order valence-electron chi connectivity index (χ3n) is 4.83. The molecule has 0 bridgehead atoms. The van der Waals surface area contributed by atoms with Crippen molar-refractivity contribution >= 4 is 23.6 Å². The van der Waals surface area contributed by atoms with Crippen molar-refractivity contribution in [3.05, 3.63) is 65.5 Å². The summed E-state index contributed by atoms with van der Waals surface area (Å²) in [6.07, 6.45) is 0.701. The van der Waals surface area contributed by atoms with Gasteiger partial charge in [0.2, 0.25) is 5.91 Å². The van der Waals surface area contributed by atoms with Crippen LogP contribution >= 0.6 is 11.8 Å². The summed E-state index contributed by atoms with van der Waals surface area (Å²) < 4.78 is 13.1. The second-order valence-corrected chi connectivity index (χ2v) is 8.29. The smallest absolute Gasteiger partial charge is 0.253 e. The molecule has 1 atom stereocenters. The highest BCUT2D eigenvalue weighted by Crippen LogP contribution is 2.25. The lowest BCUT2D eigenvalue weighted by Gasteiger charge is -2.24. The Balaban J connectivity index is 1.57. The van der Waals surface area contributed by atoms with Crippen molar-refractivity contribution in [3.63, 3.8) is 0 Å². The van der Waals surface area contributed by atoms with Crippen molar-refractivity contribution < 1.29 is 14.0 Å². The fourth-order valence-corrected chi connectivity index (χ4v) is 4.19. The van der Waals surface area contributed by atoms with Crippen molar-refractivity contribution in [1.29, 1.82) is 5.26 Å². The molecule has 150 valence electrons. The number of hydrogen-bond acceptors (Lipinski definition) is 4. The minimum absolute atomic E-state index is 0.0374. The molecule has 2 amide bonds. The van der Waals surface area contributed by atoms with Crippen LogP contribution in [-0.2, 0) is 4.79 Å². The van der Waals surface area contributed by atoms with E-state index in [1.54, 1.807) is 21.9 Å². The molecule has 0 spiro atoms. The van der Waals surface area contributed by atoms with Gasteiger partial charge >= 0.3 is 0 Å². The minimum Gasteiger partial charge on any atom is -0.340 e. The van der Waals surface area contributed by atoms with E-state index in [-0.39, 0.29) is 22.9 Å². The van der Waals surface area contributed by atoms with Crippen LogP contribution in [0, 0.1) is 17.1 Å². The van der Waals surface area contributed by atoms with Crippen LogP contribution in [-0.4, -0.2) is 53.0 Å². The Morgan fingerprint density at radius 2 is 1.62 bits per heavy atom. The molecule has 2 aromatic rings. The zero-order valence-corrected chi connectivity index (χ0v) is 17.0. The summed E-state index contributed by atoms with van der Waals surface area (Å²) in [5, 5.41) is 8.62. The van der Waals surface area contributed by atoms with E-state index in [4.69, 9.17) is 5.26 Å². The summed E-state index contributed by atoms with van der Waals surface area (Å²) in [6.45, 7) is 3.97. The van der Waals surface area contributed by atoms with E-state index in [0.29, 0.717) is 43.7 Å². The number of benzene rings is 2. The summed E-state index contributed by atoms with van der Waals surface area (Å²) in [6, 6.07) is 14.8. The van der Waals surface area contributed by atoms with Crippen molar-refractivity contribution in [1.82, 2.24) is 9.80 Å². The lowest BCUT2D eigenvalue weighted by molar-refractivity contribution is -0.130. The number of hydrogen-bond donors (Lipinski definition) is 0. The number of amides is 2. The average Bonchev–Trinajstić information content (AvgIpc) is 3.00. The molecule has 2 aromatic carbocycles. The summed E-state index contributed by atoms with van der Waals surface area (Å²) in [4.78, 5) is 30.0. The van der Waals surface area contributed by atoms with Gasteiger partial charge in [-0.05, 0) is 61.9 Å². The van der Waals surface area contributed by atoms with Crippen LogP contribution in [0.15, 0.2) is 53.4 Å². The van der Waals surface area contributed by atoms with Crippen molar-refractivity contribution in [2.45, 2.75) is 23.5 Å². The van der Waals surface area contributed by atoms with E-state index in [1.165, 1.54) is 36.0 Å². The Bertz CT molecular complexity index is 909. The average molecular weight is 412 g/mol. The third-order valence-corrected chi connectivity index (χ3v) is 5.93. The molecule has 7 heteroatoms. The lowest BCUT2D eigenvalue weighted by atomic mass is 10.2. The Morgan fingerprint density at radius 3 is 2.28 bits per heavy atom. The molecule has 0 aromatic heterocycles. The van der Waals surface area contributed by atoms with E-state index in [0.717, 1.165) is 4.90 Å². The molecule has 1 unspecified atom stereocenters. The van der Waals surface area contributed by atoms with Gasteiger partial charge in [0.15, 0.2) is 0 Å². The maximum Gasteiger partial charge on any atom is 0.253 e. The highest BCUT2D eigenvalue weighted by atomic mass is 32.2. The van der Waals surface area contributed by atoms with E-state index < -0.39 is 0 Å². The van der Waals surface area contributed by atoms with Gasteiger partial charge in [-0.15, -0.1) is 11.8 Å². The zero-order valence-electron chi connectivity index (χ0n) is 16.2. The number of carbonyl (C=O) groups is 2. The van der Waals surface area contributed by atoms with E-state index in [2.05, 4.69) is 6.07 Å². The van der Waals surface area contributed by atoms with Gasteiger partial charge in [-0.1, -0.05) is 0 Å². The van der Waals surface area contributed by atoms with Crippen LogP contribution in [0.1, 0.15) is 29.3 Å². The molecule has 1 saturated heterocycles. The number of carbonyl (C=O) groups excluding carboxylic acids is 2. The number of thioether (sulfide) groups is 1. The quantitative estimate of drug-likeness (QED) is 0.722. The molecule has 29 heavy (non-hydrogen) atoms. The van der Waals surface area contributed by atoms with Crippen molar-refractivity contribution in [2.24, 2.45) is 0 Å². The highest BCUT2D eigenvalue weighted by molar-refractivity contribution is 8.00. The molecule has 5 nitrogen and oxygen atoms in total. The molecule has 1 aliphatic heterocycles. The van der Waals surface area contributed by atoms with E-state index >= 15 is 0 Å². The largest absolute Gasteiger partial charge is 0.340 e. The Morgan fingerprint density at radius 1 is 1.00 bits per heavy atom. The van der Waals surface area contributed by atoms with E-state index in [9.17, 15) is 14.0 Å². The lowest BCUT2D eigenvalue weighted by Crippen LogP contribution is -2.40. The predicted octanol–water partition coefficient (Wildman–Crippen LogP) is 3.55. The first-order valence-corrected chi connectivity index (χ1v) is 10.4. The molecule has 0 aliphatic carbocycles. The number of nitrogens with zero attached hydrogens (tertiary/aromatic N) is 3. The van der Waals surface area contributed by atoms with Gasteiger partial charge in [-0.3, -0.25) is 9.59 Å². The summed E-state index contributed by atoms with van der Waals surface area (Å²) in [5.41, 5.74) is 1.04. The summed E-state index contributed by atoms with van der Waals surface area (Å²) in [7, 11) is 0. The van der Waals surface area contributed by atoms with E-state index in [1.807, 2.05) is 19.1 Å².